The summed E-state index contributed by atoms with van der Waals surface area (Å²) >= 11 is 6.08. The molecule has 2 aromatic heterocycles. The van der Waals surface area contributed by atoms with Crippen LogP contribution in [-0.2, 0) is 6.54 Å². The van der Waals surface area contributed by atoms with Crippen LogP contribution in [0.15, 0.2) is 28.8 Å². The lowest BCUT2D eigenvalue weighted by atomic mass is 10.3. The molecule has 2 heterocycles. The molecule has 0 bridgehead atoms. The van der Waals surface area contributed by atoms with E-state index in [0.29, 0.717) is 23.1 Å². The molecule has 0 unspecified atom stereocenters. The third kappa shape index (κ3) is 2.71. The van der Waals surface area contributed by atoms with Gasteiger partial charge >= 0.3 is 0 Å². The lowest BCUT2D eigenvalue weighted by Gasteiger charge is -2.18. The highest BCUT2D eigenvalue weighted by molar-refractivity contribution is 6.33. The zero-order valence-corrected chi connectivity index (χ0v) is 10.5. The third-order valence-electron chi connectivity index (χ3n) is 2.39. The molecule has 0 saturated carbocycles. The Morgan fingerprint density at radius 2 is 2.24 bits per heavy atom. The highest BCUT2D eigenvalue weighted by Crippen LogP contribution is 2.25. The first-order chi connectivity index (χ1) is 8.06. The van der Waals surface area contributed by atoms with E-state index in [0.717, 1.165) is 11.5 Å². The van der Waals surface area contributed by atoms with Crippen molar-refractivity contribution >= 4 is 23.1 Å². The second-order valence-corrected chi connectivity index (χ2v) is 4.35. The van der Waals surface area contributed by atoms with E-state index in [2.05, 4.69) is 4.98 Å². The molecule has 4 nitrogen and oxygen atoms in total. The molecule has 0 fully saturated rings. The smallest absolute Gasteiger partial charge is 0.147 e. The van der Waals surface area contributed by atoms with Crippen LogP contribution in [0.1, 0.15) is 11.5 Å². The number of rotatable bonds is 3. The van der Waals surface area contributed by atoms with Gasteiger partial charge in [0.15, 0.2) is 0 Å². The molecule has 90 valence electrons. The van der Waals surface area contributed by atoms with E-state index in [1.807, 2.05) is 31.0 Å². The maximum Gasteiger partial charge on any atom is 0.147 e. The Kier molecular flexibility index (Phi) is 3.24. The van der Waals surface area contributed by atoms with E-state index in [-0.39, 0.29) is 0 Å². The van der Waals surface area contributed by atoms with Gasteiger partial charge in [0.25, 0.3) is 0 Å². The van der Waals surface area contributed by atoms with E-state index in [1.54, 1.807) is 12.3 Å². The van der Waals surface area contributed by atoms with Gasteiger partial charge in [0.05, 0.1) is 23.5 Å². The predicted molar refractivity (Wildman–Crippen MR) is 69.2 cm³/mol. The summed E-state index contributed by atoms with van der Waals surface area (Å²) in [5.41, 5.74) is 6.16. The number of nitrogens with two attached hydrogens (primary N) is 1. The normalized spacial score (nSPS) is 10.5. The van der Waals surface area contributed by atoms with Gasteiger partial charge in [-0.3, -0.25) is 0 Å². The lowest BCUT2D eigenvalue weighted by Crippen LogP contribution is -2.17. The fraction of sp³-hybridized carbons (Fsp3) is 0.250. The Labute approximate surface area is 105 Å². The summed E-state index contributed by atoms with van der Waals surface area (Å²) in [5, 5.41) is 0.538. The molecular formula is C12H14ClN3O. The minimum atomic E-state index is 0.538. The number of furan rings is 1. The van der Waals surface area contributed by atoms with Crippen molar-refractivity contribution in [1.29, 1.82) is 0 Å². The number of hydrogen-bond acceptors (Lipinski definition) is 4. The number of aryl methyl sites for hydroxylation is 1. The van der Waals surface area contributed by atoms with Crippen LogP contribution in [-0.4, -0.2) is 12.0 Å². The Morgan fingerprint density at radius 1 is 1.47 bits per heavy atom. The minimum absolute atomic E-state index is 0.538. The van der Waals surface area contributed by atoms with E-state index in [9.17, 15) is 0 Å². The van der Waals surface area contributed by atoms with Crippen molar-refractivity contribution in [3.63, 3.8) is 0 Å². The highest BCUT2D eigenvalue weighted by atomic mass is 35.5. The van der Waals surface area contributed by atoms with Gasteiger partial charge in [-0.2, -0.15) is 0 Å². The van der Waals surface area contributed by atoms with Crippen molar-refractivity contribution < 1.29 is 4.42 Å². The second-order valence-electron chi connectivity index (χ2n) is 3.94. The van der Waals surface area contributed by atoms with Crippen LogP contribution in [0.3, 0.4) is 0 Å². The molecule has 2 N–H and O–H groups in total. The fourth-order valence-corrected chi connectivity index (χ4v) is 1.92. The number of pyridine rings is 1. The van der Waals surface area contributed by atoms with E-state index in [4.69, 9.17) is 21.8 Å². The average Bonchev–Trinajstić information content (AvgIpc) is 2.63. The maximum atomic E-state index is 6.08. The Hall–Kier alpha value is -1.68. The summed E-state index contributed by atoms with van der Waals surface area (Å²) in [5.74, 6) is 2.46. The van der Waals surface area contributed by atoms with Gasteiger partial charge in [-0.1, -0.05) is 11.6 Å². The van der Waals surface area contributed by atoms with Gasteiger partial charge in [-0.05, 0) is 25.1 Å². The monoisotopic (exact) mass is 251 g/mol. The van der Waals surface area contributed by atoms with Crippen LogP contribution in [0.2, 0.25) is 5.02 Å². The molecule has 17 heavy (non-hydrogen) atoms. The first-order valence-corrected chi connectivity index (χ1v) is 5.61. The van der Waals surface area contributed by atoms with Crippen molar-refractivity contribution in [2.45, 2.75) is 13.5 Å². The SMILES string of the molecule is Cc1ccc(CN(C)c2ncc(N)cc2Cl)o1. The van der Waals surface area contributed by atoms with Gasteiger partial charge < -0.3 is 15.1 Å². The van der Waals surface area contributed by atoms with Gasteiger partial charge in [-0.15, -0.1) is 0 Å². The van der Waals surface area contributed by atoms with Crippen LogP contribution >= 0.6 is 11.6 Å². The standard InChI is InChI=1S/C12H14ClN3O/c1-8-3-4-10(17-8)7-16(2)12-11(13)5-9(14)6-15-12/h3-6H,7,14H2,1-2H3. The highest BCUT2D eigenvalue weighted by Gasteiger charge is 2.10. The molecule has 0 amide bonds. The Morgan fingerprint density at radius 3 is 2.82 bits per heavy atom. The zero-order chi connectivity index (χ0) is 12.4. The van der Waals surface area contributed by atoms with E-state index >= 15 is 0 Å². The summed E-state index contributed by atoms with van der Waals surface area (Å²) in [7, 11) is 1.91. The van der Waals surface area contributed by atoms with Gasteiger partial charge in [0.1, 0.15) is 17.3 Å². The summed E-state index contributed by atoms with van der Waals surface area (Å²) in [6.45, 7) is 2.53. The predicted octanol–water partition coefficient (Wildman–Crippen LogP) is 2.86. The number of aromatic nitrogens is 1. The number of hydrogen-bond donors (Lipinski definition) is 1. The minimum Gasteiger partial charge on any atom is -0.464 e. The average molecular weight is 252 g/mol. The molecule has 2 rings (SSSR count). The maximum absolute atomic E-state index is 6.08. The van der Waals surface area contributed by atoms with Crippen LogP contribution < -0.4 is 10.6 Å². The summed E-state index contributed by atoms with van der Waals surface area (Å²) < 4.78 is 5.50. The van der Waals surface area contributed by atoms with Crippen LogP contribution in [0.25, 0.3) is 0 Å². The molecule has 0 aliphatic carbocycles. The number of anilines is 2. The molecule has 0 aliphatic rings. The third-order valence-corrected chi connectivity index (χ3v) is 2.67. The number of nitrogen functional groups attached to an aromatic ring is 1. The first-order valence-electron chi connectivity index (χ1n) is 5.24. The van der Waals surface area contributed by atoms with Crippen molar-refractivity contribution in [1.82, 2.24) is 4.98 Å². The second kappa shape index (κ2) is 4.67. The molecule has 0 saturated heterocycles. The van der Waals surface area contributed by atoms with Gasteiger partial charge in [0, 0.05) is 7.05 Å². The van der Waals surface area contributed by atoms with Crippen molar-refractivity contribution in [3.05, 3.63) is 40.9 Å². The molecule has 0 radical (unpaired) electrons. The van der Waals surface area contributed by atoms with Gasteiger partial charge in [0.2, 0.25) is 0 Å². The van der Waals surface area contributed by atoms with Crippen LogP contribution in [0, 0.1) is 6.92 Å². The number of nitrogens with zero attached hydrogens (tertiary/aromatic N) is 2. The largest absolute Gasteiger partial charge is 0.464 e. The van der Waals surface area contributed by atoms with Crippen LogP contribution in [0.5, 0.6) is 0 Å². The molecule has 0 aromatic carbocycles. The summed E-state index contributed by atoms with van der Waals surface area (Å²) in [6, 6.07) is 5.56. The fourth-order valence-electron chi connectivity index (χ4n) is 1.61. The molecular weight excluding hydrogens is 238 g/mol. The number of halogens is 1. The van der Waals surface area contributed by atoms with Crippen molar-refractivity contribution in [2.24, 2.45) is 0 Å². The zero-order valence-electron chi connectivity index (χ0n) is 9.77. The Bertz CT molecular complexity index is 524. The topological polar surface area (TPSA) is 55.3 Å². The van der Waals surface area contributed by atoms with Crippen molar-refractivity contribution in [2.75, 3.05) is 17.7 Å². The lowest BCUT2D eigenvalue weighted by molar-refractivity contribution is 0.481. The summed E-state index contributed by atoms with van der Waals surface area (Å²) in [4.78, 5) is 6.12. The molecule has 0 aliphatic heterocycles. The van der Waals surface area contributed by atoms with Crippen molar-refractivity contribution in [3.8, 4) is 0 Å². The van der Waals surface area contributed by atoms with Gasteiger partial charge in [-0.25, -0.2) is 4.98 Å². The Balaban J connectivity index is 2.17. The van der Waals surface area contributed by atoms with Crippen LogP contribution in [0.4, 0.5) is 11.5 Å². The molecule has 0 atom stereocenters. The quantitative estimate of drug-likeness (QED) is 0.911. The van der Waals surface area contributed by atoms with E-state index in [1.165, 1.54) is 0 Å². The molecule has 0 spiro atoms. The summed E-state index contributed by atoms with van der Waals surface area (Å²) in [6.07, 6.45) is 1.59. The molecule has 5 heteroatoms. The first kappa shape index (κ1) is 11.8. The van der Waals surface area contributed by atoms with E-state index < -0.39 is 0 Å². The molecule has 2 aromatic rings.